The van der Waals surface area contributed by atoms with Crippen LogP contribution in [0.1, 0.15) is 19.2 Å². The van der Waals surface area contributed by atoms with Gasteiger partial charge in [0, 0.05) is 14.1 Å². The van der Waals surface area contributed by atoms with Crippen molar-refractivity contribution in [3.8, 4) is 0 Å². The lowest BCUT2D eigenvalue weighted by atomic mass is 10.5. The molecule has 0 aromatic carbocycles. The van der Waals surface area contributed by atoms with E-state index in [0.717, 1.165) is 4.57 Å². The second-order valence-electron chi connectivity index (χ2n) is 4.73. The van der Waals surface area contributed by atoms with Crippen molar-refractivity contribution in [2.24, 2.45) is 14.1 Å². The number of aromatic amines is 1. The summed E-state index contributed by atoms with van der Waals surface area (Å²) in [6.07, 6.45) is 0.504. The van der Waals surface area contributed by atoms with Crippen molar-refractivity contribution in [3.63, 3.8) is 0 Å². The molecule has 0 unspecified atom stereocenters. The molecule has 0 saturated carbocycles. The summed E-state index contributed by atoms with van der Waals surface area (Å²) in [4.78, 5) is 30.6. The molecule has 0 radical (unpaired) electrons. The molecule has 2 aromatic rings. The van der Waals surface area contributed by atoms with E-state index in [2.05, 4.69) is 14.7 Å². The Bertz CT molecular complexity index is 890. The van der Waals surface area contributed by atoms with Gasteiger partial charge in [0.25, 0.3) is 5.56 Å². The smallest absolute Gasteiger partial charge is 0.332 e. The summed E-state index contributed by atoms with van der Waals surface area (Å²) in [5.41, 5.74) is -0.613. The van der Waals surface area contributed by atoms with Crippen molar-refractivity contribution in [2.75, 3.05) is 5.75 Å². The maximum Gasteiger partial charge on any atom is 0.332 e. The standard InChI is InChI=1S/C11H17N5O4S/c1-4-5-21(19,20)12-6-7-13-8-9(14-7)15(2)11(18)16(3)10(8)17/h12H,4-6H2,1-3H3,(H,13,14). The van der Waals surface area contributed by atoms with Gasteiger partial charge < -0.3 is 4.98 Å². The van der Waals surface area contributed by atoms with Gasteiger partial charge in [0.15, 0.2) is 5.65 Å². The Morgan fingerprint density at radius 3 is 2.52 bits per heavy atom. The number of H-pyrrole nitrogens is 1. The fourth-order valence-electron chi connectivity index (χ4n) is 1.98. The first kappa shape index (κ1) is 15.4. The van der Waals surface area contributed by atoms with Crippen molar-refractivity contribution in [2.45, 2.75) is 19.9 Å². The van der Waals surface area contributed by atoms with E-state index in [4.69, 9.17) is 0 Å². The van der Waals surface area contributed by atoms with Crippen molar-refractivity contribution in [1.82, 2.24) is 23.8 Å². The molecule has 10 heteroatoms. The zero-order valence-electron chi connectivity index (χ0n) is 12.0. The van der Waals surface area contributed by atoms with Gasteiger partial charge in [-0.25, -0.2) is 22.9 Å². The minimum Gasteiger partial charge on any atom is -0.335 e. The highest BCUT2D eigenvalue weighted by Gasteiger charge is 2.15. The van der Waals surface area contributed by atoms with Crippen LogP contribution in [-0.2, 0) is 30.7 Å². The number of imidazole rings is 1. The first-order valence-corrected chi connectivity index (χ1v) is 8.04. The predicted molar refractivity (Wildman–Crippen MR) is 77.5 cm³/mol. The summed E-state index contributed by atoms with van der Waals surface area (Å²) in [6, 6.07) is 0. The van der Waals surface area contributed by atoms with E-state index in [0.29, 0.717) is 6.42 Å². The van der Waals surface area contributed by atoms with Crippen LogP contribution in [0.15, 0.2) is 9.59 Å². The van der Waals surface area contributed by atoms with Crippen LogP contribution in [0.3, 0.4) is 0 Å². The molecular weight excluding hydrogens is 298 g/mol. The fraction of sp³-hybridized carbons (Fsp3) is 0.545. The van der Waals surface area contributed by atoms with Gasteiger partial charge in [-0.2, -0.15) is 0 Å². The van der Waals surface area contributed by atoms with E-state index >= 15 is 0 Å². The van der Waals surface area contributed by atoms with Crippen LogP contribution in [0.5, 0.6) is 0 Å². The number of aryl methyl sites for hydroxylation is 1. The van der Waals surface area contributed by atoms with Crippen LogP contribution >= 0.6 is 0 Å². The number of aromatic nitrogens is 4. The van der Waals surface area contributed by atoms with Crippen molar-refractivity contribution in [1.29, 1.82) is 0 Å². The normalized spacial score (nSPS) is 12.1. The molecule has 0 aliphatic carbocycles. The molecule has 2 heterocycles. The van der Waals surface area contributed by atoms with Gasteiger partial charge in [0.1, 0.15) is 11.3 Å². The van der Waals surface area contributed by atoms with Gasteiger partial charge >= 0.3 is 5.69 Å². The van der Waals surface area contributed by atoms with Gasteiger partial charge in [-0.15, -0.1) is 0 Å². The Kier molecular flexibility index (Phi) is 4.01. The van der Waals surface area contributed by atoms with E-state index in [1.807, 2.05) is 0 Å². The van der Waals surface area contributed by atoms with E-state index in [1.165, 1.54) is 18.7 Å². The average molecular weight is 315 g/mol. The summed E-state index contributed by atoms with van der Waals surface area (Å²) in [7, 11) is -0.500. The SMILES string of the molecule is CCCS(=O)(=O)NCc1nc2c([nH]1)c(=O)n(C)c(=O)n2C. The summed E-state index contributed by atoms with van der Waals surface area (Å²) >= 11 is 0. The summed E-state index contributed by atoms with van der Waals surface area (Å²) in [5, 5.41) is 0. The number of sulfonamides is 1. The maximum absolute atomic E-state index is 12.0. The number of nitrogens with zero attached hydrogens (tertiary/aromatic N) is 3. The lowest BCUT2D eigenvalue weighted by molar-refractivity contribution is 0.578. The predicted octanol–water partition coefficient (Wildman–Crippen LogP) is -1.21. The molecule has 0 fully saturated rings. The van der Waals surface area contributed by atoms with Gasteiger partial charge in [-0.3, -0.25) is 13.9 Å². The Labute approximate surface area is 120 Å². The van der Waals surface area contributed by atoms with E-state index in [9.17, 15) is 18.0 Å². The second-order valence-corrected chi connectivity index (χ2v) is 6.65. The van der Waals surface area contributed by atoms with Crippen LogP contribution in [0.25, 0.3) is 11.2 Å². The van der Waals surface area contributed by atoms with Crippen LogP contribution in [0.2, 0.25) is 0 Å². The Balaban J connectivity index is 2.41. The van der Waals surface area contributed by atoms with E-state index in [-0.39, 0.29) is 29.3 Å². The quantitative estimate of drug-likeness (QED) is 0.717. The van der Waals surface area contributed by atoms with Crippen molar-refractivity contribution >= 4 is 21.2 Å². The topological polar surface area (TPSA) is 119 Å². The first-order valence-electron chi connectivity index (χ1n) is 6.38. The molecule has 0 amide bonds. The van der Waals surface area contributed by atoms with Gasteiger partial charge in [-0.1, -0.05) is 6.92 Å². The molecule has 116 valence electrons. The highest BCUT2D eigenvalue weighted by Crippen LogP contribution is 2.04. The van der Waals surface area contributed by atoms with Gasteiger partial charge in [0.2, 0.25) is 10.0 Å². The molecule has 2 N–H and O–H groups in total. The third-order valence-electron chi connectivity index (χ3n) is 3.08. The molecule has 0 aliphatic heterocycles. The minimum absolute atomic E-state index is 0.0213. The van der Waals surface area contributed by atoms with Crippen molar-refractivity contribution < 1.29 is 8.42 Å². The van der Waals surface area contributed by atoms with Gasteiger partial charge in [0.05, 0.1) is 12.3 Å². The number of nitrogens with one attached hydrogen (secondary N) is 2. The van der Waals surface area contributed by atoms with Crippen LogP contribution in [0, 0.1) is 0 Å². The highest BCUT2D eigenvalue weighted by molar-refractivity contribution is 7.89. The molecule has 21 heavy (non-hydrogen) atoms. The first-order chi connectivity index (χ1) is 9.76. The molecule has 9 nitrogen and oxygen atoms in total. The van der Waals surface area contributed by atoms with Crippen LogP contribution < -0.4 is 16.0 Å². The second kappa shape index (κ2) is 5.45. The van der Waals surface area contributed by atoms with Crippen LogP contribution in [0.4, 0.5) is 0 Å². The van der Waals surface area contributed by atoms with Gasteiger partial charge in [-0.05, 0) is 6.42 Å². The summed E-state index contributed by atoms with van der Waals surface area (Å²) < 4.78 is 27.8. The van der Waals surface area contributed by atoms with Crippen molar-refractivity contribution in [3.05, 3.63) is 26.7 Å². The van der Waals surface area contributed by atoms with Crippen LogP contribution in [-0.4, -0.2) is 33.3 Å². The number of rotatable bonds is 5. The Hall–Kier alpha value is -1.94. The minimum atomic E-state index is -3.37. The molecular formula is C11H17N5O4S. The zero-order chi connectivity index (χ0) is 15.8. The highest BCUT2D eigenvalue weighted by atomic mass is 32.2. The number of hydrogen-bond acceptors (Lipinski definition) is 5. The third-order valence-corrected chi connectivity index (χ3v) is 4.61. The molecule has 2 aromatic heterocycles. The Morgan fingerprint density at radius 2 is 1.90 bits per heavy atom. The van der Waals surface area contributed by atoms with E-state index in [1.54, 1.807) is 6.92 Å². The summed E-state index contributed by atoms with van der Waals surface area (Å²) in [5.74, 6) is 0.302. The lowest BCUT2D eigenvalue weighted by Crippen LogP contribution is -2.36. The average Bonchev–Trinajstić information content (AvgIpc) is 2.85. The maximum atomic E-state index is 12.0. The molecule has 0 atom stereocenters. The van der Waals surface area contributed by atoms with E-state index < -0.39 is 21.3 Å². The molecule has 0 bridgehead atoms. The molecule has 0 saturated heterocycles. The third kappa shape index (κ3) is 2.90. The largest absolute Gasteiger partial charge is 0.335 e. The molecule has 2 rings (SSSR count). The summed E-state index contributed by atoms with van der Waals surface area (Å²) in [6.45, 7) is 1.70. The Morgan fingerprint density at radius 1 is 1.24 bits per heavy atom. The monoisotopic (exact) mass is 315 g/mol. The molecule has 0 aliphatic rings. The zero-order valence-corrected chi connectivity index (χ0v) is 12.8. The number of fused-ring (bicyclic) bond motifs is 1. The molecule has 0 spiro atoms. The number of hydrogen-bond donors (Lipinski definition) is 2. The lowest BCUT2D eigenvalue weighted by Gasteiger charge is -2.02. The fourth-order valence-corrected chi connectivity index (χ4v) is 3.02.